The van der Waals surface area contributed by atoms with Crippen LogP contribution in [0, 0.1) is 40.5 Å². The minimum atomic E-state index is -0.703. The number of rotatable bonds is 8. The molecule has 10 rings (SSSR count). The van der Waals surface area contributed by atoms with Crippen molar-refractivity contribution >= 4 is 87.4 Å². The van der Waals surface area contributed by atoms with Crippen molar-refractivity contribution in [3.63, 3.8) is 0 Å². The van der Waals surface area contributed by atoms with Crippen LogP contribution >= 0.6 is 0 Å². The Morgan fingerprint density at radius 3 is 1.11 bits per heavy atom. The van der Waals surface area contributed by atoms with E-state index in [0.29, 0.717) is 10.8 Å². The molecule has 0 heterocycles. The number of benzene rings is 10. The van der Waals surface area contributed by atoms with Gasteiger partial charge in [-0.15, -0.1) is 0 Å². The normalized spacial score (nSPS) is 11.7. The molecule has 13 nitrogen and oxygen atoms in total. The lowest BCUT2D eigenvalue weighted by Crippen LogP contribution is -2.00. The second-order valence-electron chi connectivity index (χ2n) is 13.7. The van der Waals surface area contributed by atoms with Gasteiger partial charge in [0.25, 0.3) is 22.7 Å². The molecule has 0 aliphatic heterocycles. The molecule has 0 saturated heterocycles. The summed E-state index contributed by atoms with van der Waals surface area (Å²) in [6.07, 6.45) is 0. The van der Waals surface area contributed by atoms with Crippen molar-refractivity contribution in [2.45, 2.75) is 0 Å². The Bertz CT molecular complexity index is 3160. The Labute approximate surface area is 318 Å². The number of nitro groups is 4. The number of hydrogen-bond donors (Lipinski definition) is 0. The van der Waals surface area contributed by atoms with Gasteiger partial charge >= 0.3 is 0 Å². The lowest BCUT2D eigenvalue weighted by molar-refractivity contribution is -0.394. The van der Waals surface area contributed by atoms with Crippen LogP contribution in [0.15, 0.2) is 133 Å². The summed E-state index contributed by atoms with van der Waals surface area (Å²) >= 11 is 0. The molecule has 0 N–H and O–H groups in total. The third-order valence-electron chi connectivity index (χ3n) is 10.8. The topological polar surface area (TPSA) is 182 Å². The van der Waals surface area contributed by atoms with Crippen molar-refractivity contribution in [1.82, 2.24) is 0 Å². The molecule has 0 atom stereocenters. The molecule has 0 spiro atoms. The Morgan fingerprint density at radius 2 is 0.737 bits per heavy atom. The highest BCUT2D eigenvalue weighted by Gasteiger charge is 2.30. The lowest BCUT2D eigenvalue weighted by atomic mass is 9.88. The van der Waals surface area contributed by atoms with Crippen LogP contribution < -0.4 is 4.74 Å². The van der Waals surface area contributed by atoms with E-state index in [-0.39, 0.29) is 33.8 Å². The summed E-state index contributed by atoms with van der Waals surface area (Å²) in [5.74, 6) is 0.271. The third kappa shape index (κ3) is 4.96. The summed E-state index contributed by atoms with van der Waals surface area (Å²) in [4.78, 5) is 46.2. The van der Waals surface area contributed by atoms with Gasteiger partial charge in [0.2, 0.25) is 0 Å². The zero-order valence-electron chi connectivity index (χ0n) is 29.2. The van der Waals surface area contributed by atoms with Crippen LogP contribution in [-0.4, -0.2) is 19.7 Å². The van der Waals surface area contributed by atoms with Gasteiger partial charge in [-0.1, -0.05) is 84.9 Å². The standard InChI is InChI=1S/C44H22N4O9/c49-45(50)29-13-17-31(35(21-29)47(53)54)43-33-15-11-25-5-1-3-23-7-9-27(41(33)39(23)25)19-37(43)57-38-20-28-10-8-24-4-2-6-26-12-16-34(42(28)40(24)26)44(38)32-18-14-30(46(51)52)22-36(32)48(55)56/h1-22H. The Hall–Kier alpha value is -8.32. The molecule has 0 aromatic heterocycles. The molecular formula is C44H22N4O9. The molecule has 272 valence electrons. The lowest BCUT2D eigenvalue weighted by Gasteiger charge is -2.21. The molecule has 0 amide bonds. The largest absolute Gasteiger partial charge is 0.456 e. The fourth-order valence-corrected chi connectivity index (χ4v) is 8.39. The summed E-state index contributed by atoms with van der Waals surface area (Å²) in [6.45, 7) is 0. The second kappa shape index (κ2) is 12.1. The number of nitro benzene ring substituents is 4. The first kappa shape index (κ1) is 33.3. The number of nitrogens with zero attached hydrogens (tertiary/aromatic N) is 4. The van der Waals surface area contributed by atoms with Crippen molar-refractivity contribution in [3.05, 3.63) is 174 Å². The molecule has 10 aromatic rings. The first-order valence-corrected chi connectivity index (χ1v) is 17.5. The monoisotopic (exact) mass is 750 g/mol. The van der Waals surface area contributed by atoms with E-state index in [1.54, 1.807) is 12.1 Å². The summed E-state index contributed by atoms with van der Waals surface area (Å²) < 4.78 is 6.96. The zero-order valence-corrected chi connectivity index (χ0v) is 29.2. The number of ether oxygens (including phenoxy) is 1. The Balaban J connectivity index is 1.34. The van der Waals surface area contributed by atoms with Crippen molar-refractivity contribution in [1.29, 1.82) is 0 Å². The molecule has 57 heavy (non-hydrogen) atoms. The summed E-state index contributed by atoms with van der Waals surface area (Å²) in [7, 11) is 0. The molecule has 0 unspecified atom stereocenters. The highest BCUT2D eigenvalue weighted by Crippen LogP contribution is 2.52. The molecule has 10 aromatic carbocycles. The first-order valence-electron chi connectivity index (χ1n) is 17.5. The fraction of sp³-hybridized carbons (Fsp3) is 0. The Kier molecular flexibility index (Phi) is 7.06. The van der Waals surface area contributed by atoms with Crippen LogP contribution in [0.25, 0.3) is 86.9 Å². The SMILES string of the molecule is O=[N+]([O-])c1ccc(-c2c(Oc3cc4ccc5cccc6ccc(c3-c3ccc([N+](=O)[O-])cc3[N+](=O)[O-])c4c56)cc3ccc4cccc5ccc2c3c45)c([N+](=O)[O-])c1. The van der Waals surface area contributed by atoms with Crippen LogP contribution in [-0.2, 0) is 0 Å². The van der Waals surface area contributed by atoms with Gasteiger partial charge in [-0.05, 0) is 88.9 Å². The van der Waals surface area contributed by atoms with Gasteiger partial charge in [-0.3, -0.25) is 40.5 Å². The van der Waals surface area contributed by atoms with Gasteiger partial charge in [0.05, 0.1) is 43.0 Å². The van der Waals surface area contributed by atoms with Crippen molar-refractivity contribution in [2.75, 3.05) is 0 Å². The maximum absolute atomic E-state index is 12.7. The van der Waals surface area contributed by atoms with Crippen LogP contribution in [0.3, 0.4) is 0 Å². The van der Waals surface area contributed by atoms with E-state index in [9.17, 15) is 40.5 Å². The van der Waals surface area contributed by atoms with E-state index in [1.165, 1.54) is 24.3 Å². The van der Waals surface area contributed by atoms with Crippen LogP contribution in [0.1, 0.15) is 0 Å². The third-order valence-corrected chi connectivity index (χ3v) is 10.8. The fourth-order valence-electron chi connectivity index (χ4n) is 8.39. The van der Waals surface area contributed by atoms with Crippen LogP contribution in [0.4, 0.5) is 22.7 Å². The van der Waals surface area contributed by atoms with E-state index < -0.39 is 42.4 Å². The Morgan fingerprint density at radius 1 is 0.368 bits per heavy atom. The van der Waals surface area contributed by atoms with E-state index >= 15 is 0 Å². The molecule has 0 aliphatic carbocycles. The average Bonchev–Trinajstić information content (AvgIpc) is 3.21. The van der Waals surface area contributed by atoms with Gasteiger partial charge in [0.15, 0.2) is 0 Å². The van der Waals surface area contributed by atoms with Gasteiger partial charge in [-0.25, -0.2) is 0 Å². The van der Waals surface area contributed by atoms with Gasteiger partial charge in [0, 0.05) is 23.3 Å². The van der Waals surface area contributed by atoms with Crippen LogP contribution in [0.5, 0.6) is 11.5 Å². The van der Waals surface area contributed by atoms with E-state index in [1.807, 2.05) is 84.9 Å². The molecule has 0 saturated carbocycles. The molecule has 0 aliphatic rings. The first-order chi connectivity index (χ1) is 27.6. The van der Waals surface area contributed by atoms with E-state index in [0.717, 1.165) is 66.0 Å². The smallest absolute Gasteiger partial charge is 0.284 e. The maximum atomic E-state index is 12.7. The number of hydrogen-bond acceptors (Lipinski definition) is 9. The molecule has 0 bridgehead atoms. The summed E-state index contributed by atoms with van der Waals surface area (Å²) in [6, 6.07) is 37.3. The molecule has 0 fully saturated rings. The molecule has 0 radical (unpaired) electrons. The average molecular weight is 751 g/mol. The quantitative estimate of drug-likeness (QED) is 0.0828. The summed E-state index contributed by atoms with van der Waals surface area (Å²) in [5, 5.41) is 58.7. The minimum absolute atomic E-state index is 0.0547. The molecule has 13 heteroatoms. The highest BCUT2D eigenvalue weighted by molar-refractivity contribution is 6.28. The summed E-state index contributed by atoms with van der Waals surface area (Å²) in [5.41, 5.74) is -1.32. The van der Waals surface area contributed by atoms with Gasteiger partial charge < -0.3 is 4.74 Å². The minimum Gasteiger partial charge on any atom is -0.456 e. The van der Waals surface area contributed by atoms with E-state index in [2.05, 4.69) is 0 Å². The van der Waals surface area contributed by atoms with Crippen molar-refractivity contribution < 1.29 is 24.4 Å². The van der Waals surface area contributed by atoms with E-state index in [4.69, 9.17) is 4.74 Å². The maximum Gasteiger partial charge on any atom is 0.284 e. The second-order valence-corrected chi connectivity index (χ2v) is 13.7. The van der Waals surface area contributed by atoms with Gasteiger partial charge in [-0.2, -0.15) is 0 Å². The predicted octanol–water partition coefficient (Wildman–Crippen LogP) is 12.2. The highest BCUT2D eigenvalue weighted by atomic mass is 16.6. The zero-order chi connectivity index (χ0) is 39.3. The van der Waals surface area contributed by atoms with Crippen LogP contribution in [0.2, 0.25) is 0 Å². The van der Waals surface area contributed by atoms with Crippen molar-refractivity contribution in [3.8, 4) is 33.8 Å². The number of non-ortho nitro benzene ring substituents is 2. The van der Waals surface area contributed by atoms with Gasteiger partial charge in [0.1, 0.15) is 11.5 Å². The molecular weight excluding hydrogens is 729 g/mol. The predicted molar refractivity (Wildman–Crippen MR) is 218 cm³/mol. The van der Waals surface area contributed by atoms with Crippen molar-refractivity contribution in [2.24, 2.45) is 0 Å².